The van der Waals surface area contributed by atoms with Crippen molar-refractivity contribution in [1.29, 1.82) is 0 Å². The first-order valence-corrected chi connectivity index (χ1v) is 14.5. The van der Waals surface area contributed by atoms with E-state index >= 15 is 0 Å². The van der Waals surface area contributed by atoms with E-state index in [0.29, 0.717) is 55.7 Å². The maximum Gasteiger partial charge on any atom is 0.387 e. The first kappa shape index (κ1) is 29.3. The summed E-state index contributed by atoms with van der Waals surface area (Å²) in [6.45, 7) is 2.32. The third-order valence-corrected chi connectivity index (χ3v) is 8.79. The Morgan fingerprint density at radius 2 is 1.84 bits per heavy atom. The average Bonchev–Trinajstić information content (AvgIpc) is 3.52. The van der Waals surface area contributed by atoms with Crippen molar-refractivity contribution >= 4 is 11.8 Å². The molecule has 1 spiro atoms. The van der Waals surface area contributed by atoms with Crippen molar-refractivity contribution in [3.05, 3.63) is 77.1 Å². The van der Waals surface area contributed by atoms with E-state index in [0.717, 1.165) is 27.9 Å². The van der Waals surface area contributed by atoms with Crippen molar-refractivity contribution < 1.29 is 28.2 Å². The number of aliphatic hydroxyl groups is 1. The van der Waals surface area contributed by atoms with Crippen LogP contribution in [0.4, 0.5) is 8.78 Å². The molecule has 9 nitrogen and oxygen atoms in total. The molecule has 43 heavy (non-hydrogen) atoms. The summed E-state index contributed by atoms with van der Waals surface area (Å²) in [4.78, 5) is 23.1. The number of carbonyl (C=O) groups is 1. The van der Waals surface area contributed by atoms with Crippen LogP contribution in [0, 0.1) is 5.41 Å². The fourth-order valence-corrected chi connectivity index (χ4v) is 6.93. The Balaban J connectivity index is 0.00000161. The van der Waals surface area contributed by atoms with Crippen LogP contribution < -0.4 is 4.74 Å². The van der Waals surface area contributed by atoms with Crippen molar-refractivity contribution in [2.45, 2.75) is 57.3 Å². The Labute approximate surface area is 248 Å². The van der Waals surface area contributed by atoms with E-state index in [4.69, 9.17) is 14.6 Å². The lowest BCUT2D eigenvalue weighted by molar-refractivity contribution is -0.247. The molecule has 4 aromatic rings. The Bertz CT molecular complexity index is 1640. The largest absolute Gasteiger partial charge is 0.434 e. The van der Waals surface area contributed by atoms with Crippen LogP contribution in [-0.2, 0) is 10.3 Å². The predicted molar refractivity (Wildman–Crippen MR) is 155 cm³/mol. The van der Waals surface area contributed by atoms with Crippen LogP contribution >= 0.6 is 0 Å². The first-order valence-electron chi connectivity index (χ1n) is 14.5. The molecule has 1 saturated carbocycles. The van der Waals surface area contributed by atoms with Crippen LogP contribution in [0.1, 0.15) is 78.1 Å². The standard InChI is InChI=1S/C30H29F2N5O4.C2H6/c1-36(2)22-9-20(24-18(12-38)4-3-5-23(24)41-28(31)32)25-21-8-17(6-7-37(21)35-26(22)25)19-10-33-27(34-11-19)30(39)13-29(14-30)15-40-16-29;1-2/h3-8,10-12,20,22,28,39H,9,13-16H2,1-2H3;1-2H3. The Morgan fingerprint density at radius 1 is 1.12 bits per heavy atom. The summed E-state index contributed by atoms with van der Waals surface area (Å²) in [5.74, 6) is 0.00855. The van der Waals surface area contributed by atoms with Crippen molar-refractivity contribution in [2.24, 2.45) is 5.41 Å². The van der Waals surface area contributed by atoms with E-state index in [1.165, 1.54) is 6.07 Å². The topological polar surface area (TPSA) is 102 Å². The fourth-order valence-electron chi connectivity index (χ4n) is 6.93. The molecule has 11 heteroatoms. The molecule has 1 N–H and O–H groups in total. The molecule has 1 aliphatic heterocycles. The number of nitrogens with zero attached hydrogens (tertiary/aromatic N) is 5. The molecule has 0 radical (unpaired) electrons. The summed E-state index contributed by atoms with van der Waals surface area (Å²) in [5.41, 5.74) is 3.88. The van der Waals surface area contributed by atoms with E-state index in [1.807, 2.05) is 51.2 Å². The number of carbonyl (C=O) groups excluding carboxylic acids is 1. The molecule has 4 heterocycles. The number of ether oxygens (including phenoxy) is 2. The molecule has 226 valence electrons. The van der Waals surface area contributed by atoms with Gasteiger partial charge in [0.15, 0.2) is 5.82 Å². The zero-order chi connectivity index (χ0) is 30.5. The number of fused-ring (bicyclic) bond motifs is 3. The summed E-state index contributed by atoms with van der Waals surface area (Å²) in [5, 5.41) is 15.9. The van der Waals surface area contributed by atoms with Gasteiger partial charge in [-0.2, -0.15) is 13.9 Å². The number of hydrogen-bond acceptors (Lipinski definition) is 8. The molecule has 1 aromatic carbocycles. The van der Waals surface area contributed by atoms with Crippen LogP contribution in [0.5, 0.6) is 5.75 Å². The Kier molecular flexibility index (Phi) is 7.52. The van der Waals surface area contributed by atoms with Crippen molar-refractivity contribution in [3.8, 4) is 16.9 Å². The highest BCUT2D eigenvalue weighted by Crippen LogP contribution is 2.57. The van der Waals surface area contributed by atoms with Gasteiger partial charge in [0.1, 0.15) is 17.6 Å². The van der Waals surface area contributed by atoms with Crippen molar-refractivity contribution in [3.63, 3.8) is 0 Å². The minimum Gasteiger partial charge on any atom is -0.434 e. The average molecular weight is 592 g/mol. The second kappa shape index (κ2) is 11.0. The number of benzene rings is 1. The minimum absolute atomic E-state index is 0.0105. The van der Waals surface area contributed by atoms with Gasteiger partial charge in [0.05, 0.1) is 30.5 Å². The van der Waals surface area contributed by atoms with E-state index in [2.05, 4.69) is 9.97 Å². The maximum absolute atomic E-state index is 13.4. The zero-order valence-electron chi connectivity index (χ0n) is 24.6. The van der Waals surface area contributed by atoms with Gasteiger partial charge in [0.25, 0.3) is 0 Å². The van der Waals surface area contributed by atoms with Crippen LogP contribution in [0.15, 0.2) is 48.9 Å². The monoisotopic (exact) mass is 591 g/mol. The zero-order valence-corrected chi connectivity index (χ0v) is 24.6. The number of aldehydes is 1. The highest BCUT2D eigenvalue weighted by molar-refractivity contribution is 5.81. The summed E-state index contributed by atoms with van der Waals surface area (Å²) in [6, 6.07) is 8.44. The van der Waals surface area contributed by atoms with Crippen LogP contribution in [-0.4, -0.2) is 69.8 Å². The summed E-state index contributed by atoms with van der Waals surface area (Å²) in [6.07, 6.45) is 7.70. The molecule has 0 bridgehead atoms. The second-order valence-corrected chi connectivity index (χ2v) is 11.7. The Morgan fingerprint density at radius 3 is 2.44 bits per heavy atom. The van der Waals surface area contributed by atoms with E-state index in [-0.39, 0.29) is 17.2 Å². The van der Waals surface area contributed by atoms with Gasteiger partial charge in [-0.05, 0) is 57.1 Å². The van der Waals surface area contributed by atoms with Gasteiger partial charge in [0.2, 0.25) is 0 Å². The molecule has 3 aromatic heterocycles. The molecular formula is C32H35F2N5O4. The van der Waals surface area contributed by atoms with Crippen LogP contribution in [0.3, 0.4) is 0 Å². The lowest BCUT2D eigenvalue weighted by Gasteiger charge is -2.56. The number of aromatic nitrogens is 4. The lowest BCUT2D eigenvalue weighted by atomic mass is 9.57. The minimum atomic E-state index is -3.02. The van der Waals surface area contributed by atoms with Gasteiger partial charge in [-0.1, -0.05) is 26.0 Å². The Hall–Kier alpha value is -3.80. The molecular weight excluding hydrogens is 556 g/mol. The molecule has 7 rings (SSSR count). The number of alkyl halides is 2. The smallest absolute Gasteiger partial charge is 0.387 e. The molecule has 2 unspecified atom stereocenters. The molecule has 2 fully saturated rings. The normalized spacial score (nSPS) is 21.2. The van der Waals surface area contributed by atoms with Crippen molar-refractivity contribution in [1.82, 2.24) is 24.5 Å². The third kappa shape index (κ3) is 4.89. The summed E-state index contributed by atoms with van der Waals surface area (Å²) >= 11 is 0. The molecule has 3 aliphatic rings. The van der Waals surface area contributed by atoms with Gasteiger partial charge in [0, 0.05) is 52.2 Å². The number of halogens is 2. The lowest BCUT2D eigenvalue weighted by Crippen LogP contribution is -2.60. The summed E-state index contributed by atoms with van der Waals surface area (Å²) < 4.78 is 38.7. The van der Waals surface area contributed by atoms with Gasteiger partial charge >= 0.3 is 6.61 Å². The fraction of sp³-hybridized carbons (Fsp3) is 0.438. The van der Waals surface area contributed by atoms with Crippen LogP contribution in [0.25, 0.3) is 16.6 Å². The van der Waals surface area contributed by atoms with Gasteiger partial charge < -0.3 is 19.5 Å². The summed E-state index contributed by atoms with van der Waals surface area (Å²) in [7, 11) is 3.90. The second-order valence-electron chi connectivity index (χ2n) is 11.7. The third-order valence-electron chi connectivity index (χ3n) is 8.79. The molecule has 0 amide bonds. The highest BCUT2D eigenvalue weighted by atomic mass is 19.3. The van der Waals surface area contributed by atoms with E-state index < -0.39 is 18.1 Å². The number of hydrogen-bond donors (Lipinski definition) is 1. The predicted octanol–water partition coefficient (Wildman–Crippen LogP) is 5.37. The SMILES string of the molecule is CC.CN(C)C1CC(c2c(C=O)cccc2OC(F)F)c2c1nn1ccc(-c3cnc(C4(O)CC5(COC5)C4)nc3)cc21. The maximum atomic E-state index is 13.4. The number of pyridine rings is 1. The van der Waals surface area contributed by atoms with E-state index in [1.54, 1.807) is 29.0 Å². The molecule has 2 aliphatic carbocycles. The number of rotatable bonds is 7. The van der Waals surface area contributed by atoms with Crippen molar-refractivity contribution in [2.75, 3.05) is 27.3 Å². The van der Waals surface area contributed by atoms with Gasteiger partial charge in [-0.3, -0.25) is 4.79 Å². The molecule has 1 saturated heterocycles. The highest BCUT2D eigenvalue weighted by Gasteiger charge is 2.60. The first-order chi connectivity index (χ1) is 20.7. The van der Waals surface area contributed by atoms with Gasteiger partial charge in [-0.15, -0.1) is 0 Å². The molecule has 2 atom stereocenters. The van der Waals surface area contributed by atoms with Crippen LogP contribution in [0.2, 0.25) is 0 Å². The quantitative estimate of drug-likeness (QED) is 0.287. The van der Waals surface area contributed by atoms with E-state index in [9.17, 15) is 18.7 Å². The van der Waals surface area contributed by atoms with Gasteiger partial charge in [-0.25, -0.2) is 14.5 Å².